The molecular formula is C92H114N8O22S. The summed E-state index contributed by atoms with van der Waals surface area (Å²) in [5.74, 6) is -2.73. The molecule has 2 saturated carbocycles. The molecule has 6 saturated heterocycles. The van der Waals surface area contributed by atoms with Gasteiger partial charge in [-0.3, -0.25) is 47.9 Å². The third kappa shape index (κ3) is 11.6. The SMILES string of the molecule is CC[C@]12CN3CCc4c([nH]c5ccccc45)[C@@](C(=O)OC)(c4cc5c(cc4OC)N(C)[C@H]4[C@@](O)(C(=O)OC)[C@H](OC(C)=O)[C@]6(CC)C=CCN7CC[C@]54[C@@H]76)C[C@H](C3)[C@H]1O2.CC[C@]12CN3CCc4c([nH]c5ccccc45)[C@@](C(=O)OC)(c4cc5c(cc4OC)N(C)[C@H]4[C@@](O)(C(=O)OC)[C@H](OC(C)=O)[C@]6(CC)C=CCN7CC[C@]54[C@@H]76)C[C@H](C3)[C@H]1O2.O=S(=O)(O)O. The molecule has 4 aromatic carbocycles. The van der Waals surface area contributed by atoms with Gasteiger partial charge in [-0.15, -0.1) is 0 Å². The summed E-state index contributed by atoms with van der Waals surface area (Å²) in [6.45, 7) is 18.6. The molecule has 20 rings (SSSR count). The normalized spacial score (nSPS) is 37.6. The summed E-state index contributed by atoms with van der Waals surface area (Å²) in [4.78, 5) is 107. The van der Waals surface area contributed by atoms with E-state index >= 15 is 9.59 Å². The van der Waals surface area contributed by atoms with Crippen molar-refractivity contribution in [2.75, 3.05) is 132 Å². The van der Waals surface area contributed by atoms with Crippen LogP contribution in [0.3, 0.4) is 0 Å². The average Bonchev–Trinajstić information content (AvgIpc) is 1.51. The van der Waals surface area contributed by atoms with Crippen molar-refractivity contribution < 1.29 is 104 Å². The number of benzene rings is 4. The molecule has 30 nitrogen and oxygen atoms in total. The molecule has 2 unspecified atom stereocenters. The molecule has 6 aromatic rings. The Labute approximate surface area is 715 Å². The smallest absolute Gasteiger partial charge is 0.394 e. The van der Waals surface area contributed by atoms with Crippen molar-refractivity contribution in [2.45, 2.75) is 198 Å². The van der Waals surface area contributed by atoms with Crippen LogP contribution in [-0.4, -0.2) is 286 Å². The quantitative estimate of drug-likeness (QED) is 0.0204. The summed E-state index contributed by atoms with van der Waals surface area (Å²) in [6.07, 6.45) is 11.9. The second-order valence-corrected chi connectivity index (χ2v) is 37.9. The number of hydrogen-bond donors (Lipinski definition) is 6. The van der Waals surface area contributed by atoms with E-state index < -0.39 is 114 Å². The summed E-state index contributed by atoms with van der Waals surface area (Å²) >= 11 is 0. The van der Waals surface area contributed by atoms with Crippen molar-refractivity contribution in [3.63, 3.8) is 0 Å². The van der Waals surface area contributed by atoms with Crippen LogP contribution in [0.1, 0.15) is 138 Å². The number of carbonyl (C=O) groups is 6. The van der Waals surface area contributed by atoms with E-state index in [1.165, 1.54) is 42.3 Å². The molecule has 22 atom stereocenters. The number of likely N-dealkylation sites (N-methyl/N-ethyl adjacent to an activating group) is 2. The van der Waals surface area contributed by atoms with Gasteiger partial charge < -0.3 is 77.3 Å². The van der Waals surface area contributed by atoms with Crippen molar-refractivity contribution in [3.8, 4) is 11.5 Å². The zero-order chi connectivity index (χ0) is 87.4. The number of ether oxygens (including phenoxy) is 10. The topological polar surface area (TPSA) is 367 Å². The number of piperidine rings is 2. The van der Waals surface area contributed by atoms with Gasteiger partial charge in [-0.1, -0.05) is 88.4 Å². The third-order valence-electron chi connectivity index (χ3n) is 32.1. The number of aromatic amines is 2. The van der Waals surface area contributed by atoms with Gasteiger partial charge in [-0.05, 0) is 124 Å². The number of fused-ring (bicyclic) bond motifs is 16. The zero-order valence-corrected chi connectivity index (χ0v) is 73.2. The summed E-state index contributed by atoms with van der Waals surface area (Å²) in [5, 5.41) is 28.8. The number of aromatic nitrogens is 2. The minimum absolute atomic E-state index is 0.00603. The molecule has 31 heteroatoms. The van der Waals surface area contributed by atoms with Gasteiger partial charge in [-0.2, -0.15) is 8.42 Å². The highest BCUT2D eigenvalue weighted by Gasteiger charge is 2.83. The molecule has 0 amide bonds. The number of anilines is 2. The number of hydrogen-bond acceptors (Lipinski definition) is 26. The first-order valence-corrected chi connectivity index (χ1v) is 44.7. The number of para-hydroxylation sites is 2. The lowest BCUT2D eigenvalue weighted by molar-refractivity contribution is -0.229. The Morgan fingerprint density at radius 1 is 0.512 bits per heavy atom. The molecule has 123 heavy (non-hydrogen) atoms. The highest BCUT2D eigenvalue weighted by Crippen LogP contribution is 2.72. The Balaban J connectivity index is 0.000000159. The van der Waals surface area contributed by atoms with Crippen LogP contribution in [0.25, 0.3) is 21.8 Å². The number of nitrogens with one attached hydrogen (secondary N) is 2. The fourth-order valence-corrected chi connectivity index (χ4v) is 27.7. The minimum atomic E-state index is -4.67. The van der Waals surface area contributed by atoms with Crippen LogP contribution in [0, 0.1) is 22.7 Å². The van der Waals surface area contributed by atoms with Crippen molar-refractivity contribution in [1.29, 1.82) is 0 Å². The fraction of sp³-hybridized carbons (Fsp3) is 0.587. The summed E-state index contributed by atoms with van der Waals surface area (Å²) < 4.78 is 92.9. The van der Waals surface area contributed by atoms with Gasteiger partial charge >= 0.3 is 46.2 Å². The van der Waals surface area contributed by atoms with E-state index in [0.717, 1.165) is 119 Å². The first-order valence-electron chi connectivity index (χ1n) is 43.3. The van der Waals surface area contributed by atoms with Crippen LogP contribution in [0.4, 0.5) is 11.4 Å². The molecular weight excluding hydrogens is 1600 g/mol. The molecule has 2 aliphatic carbocycles. The van der Waals surface area contributed by atoms with Gasteiger partial charge in [0.2, 0.25) is 11.2 Å². The van der Waals surface area contributed by atoms with Crippen LogP contribution in [-0.2, 0) is 112 Å². The summed E-state index contributed by atoms with van der Waals surface area (Å²) in [7, 11) is 7.80. The molecule has 12 aliphatic heterocycles. The summed E-state index contributed by atoms with van der Waals surface area (Å²) in [5.41, 5.74) is -1.25. The van der Waals surface area contributed by atoms with Crippen molar-refractivity contribution >= 4 is 79.4 Å². The number of aliphatic hydroxyl groups is 2. The molecule has 8 fully saturated rings. The lowest BCUT2D eigenvalue weighted by Crippen LogP contribution is -2.81. The predicted octanol–water partition coefficient (Wildman–Crippen LogP) is 7.36. The number of carbonyl (C=O) groups excluding carboxylic acids is 6. The van der Waals surface area contributed by atoms with Crippen LogP contribution in [0.15, 0.2) is 97.1 Å². The van der Waals surface area contributed by atoms with Crippen molar-refractivity contribution in [3.05, 3.63) is 142 Å². The molecule has 14 aliphatic rings. The number of nitrogens with zero attached hydrogens (tertiary/aromatic N) is 6. The first-order chi connectivity index (χ1) is 58.7. The largest absolute Gasteiger partial charge is 0.496 e. The van der Waals surface area contributed by atoms with Crippen LogP contribution >= 0.6 is 0 Å². The standard InChI is InChI=1S/2C46H56N4O9.H2O4S/c2*1-8-42-16-12-18-50-20-17-44(37(42)50)30-21-31(34(55-5)22-33(30)48(4)38(44)46(54,41(53)57-7)39(42)58-26(3)51)45(40(52)56-6)23-27-24-49(25-43(9-2)36(27)59-43)19-15-29-28-13-10-11-14-32(28)47-35(29)45;1-5(2,3)4/h2*10-14,16,21-22,27,36-39,47,54H,8-9,15,17-20,23-25H2,1-7H3;(H2,1,2,3,4)/t2*27-,36-,37+,38-,39-,42-,43+,44-,45+,46+;/m11./s1. The summed E-state index contributed by atoms with van der Waals surface area (Å²) in [6, 6.07) is 22.3. The molecule has 14 heterocycles. The Kier molecular flexibility index (Phi) is 20.4. The maximum absolute atomic E-state index is 15.4. The number of esters is 6. The van der Waals surface area contributed by atoms with E-state index in [0.29, 0.717) is 100 Å². The second kappa shape index (κ2) is 29.6. The van der Waals surface area contributed by atoms with Gasteiger partial charge in [0.15, 0.2) is 12.2 Å². The van der Waals surface area contributed by atoms with Crippen LogP contribution < -0.4 is 19.3 Å². The Hall–Kier alpha value is -8.99. The first kappa shape index (κ1) is 84.8. The minimum Gasteiger partial charge on any atom is -0.496 e. The van der Waals surface area contributed by atoms with E-state index in [9.17, 15) is 29.4 Å². The van der Waals surface area contributed by atoms with E-state index in [4.69, 9.17) is 64.9 Å². The Bertz CT molecular complexity index is 5210. The van der Waals surface area contributed by atoms with E-state index in [1.807, 2.05) is 74.1 Å². The predicted molar refractivity (Wildman–Crippen MR) is 451 cm³/mol. The van der Waals surface area contributed by atoms with Gasteiger partial charge in [0.1, 0.15) is 33.5 Å². The van der Waals surface area contributed by atoms with E-state index in [-0.39, 0.29) is 47.3 Å². The Morgan fingerprint density at radius 2 is 0.886 bits per heavy atom. The van der Waals surface area contributed by atoms with Gasteiger partial charge in [-0.25, -0.2) is 9.59 Å². The molecule has 6 N–H and O–H groups in total. The zero-order valence-electron chi connectivity index (χ0n) is 72.4. The second-order valence-electron chi connectivity index (χ2n) is 37.0. The number of epoxide rings is 2. The Morgan fingerprint density at radius 3 is 1.23 bits per heavy atom. The monoisotopic (exact) mass is 1710 g/mol. The maximum Gasteiger partial charge on any atom is 0.394 e. The third-order valence-corrected chi connectivity index (χ3v) is 32.1. The fourth-order valence-electron chi connectivity index (χ4n) is 27.7. The van der Waals surface area contributed by atoms with E-state index in [1.54, 1.807) is 14.2 Å². The highest BCUT2D eigenvalue weighted by atomic mass is 32.3. The van der Waals surface area contributed by atoms with Crippen molar-refractivity contribution in [1.82, 2.24) is 29.6 Å². The molecule has 4 bridgehead atoms. The number of rotatable bonds is 14. The van der Waals surface area contributed by atoms with Crippen LogP contribution in [0.5, 0.6) is 11.5 Å². The highest BCUT2D eigenvalue weighted by molar-refractivity contribution is 7.79. The van der Waals surface area contributed by atoms with Gasteiger partial charge in [0.25, 0.3) is 0 Å². The average molecular weight is 1720 g/mol. The van der Waals surface area contributed by atoms with Gasteiger partial charge in [0, 0.05) is 194 Å². The lowest BCUT2D eigenvalue weighted by atomic mass is 9.47. The van der Waals surface area contributed by atoms with E-state index in [2.05, 4.69) is 104 Å². The molecule has 660 valence electrons. The number of H-pyrrole nitrogens is 2. The van der Waals surface area contributed by atoms with Crippen molar-refractivity contribution in [2.24, 2.45) is 22.7 Å². The number of methoxy groups -OCH3 is 6. The molecule has 2 aromatic heterocycles. The lowest BCUT2D eigenvalue weighted by Gasteiger charge is -2.63. The molecule has 2 spiro atoms. The van der Waals surface area contributed by atoms with Crippen LogP contribution in [0.2, 0.25) is 0 Å². The van der Waals surface area contributed by atoms with Gasteiger partial charge in [0.05, 0.1) is 67.0 Å². The maximum atomic E-state index is 15.4. The molecule has 0 radical (unpaired) electrons.